The first kappa shape index (κ1) is 15.2. The highest BCUT2D eigenvalue weighted by molar-refractivity contribution is 9.10. The number of furan rings is 1. The zero-order valence-electron chi connectivity index (χ0n) is 11.0. The van der Waals surface area contributed by atoms with Crippen molar-refractivity contribution in [2.24, 2.45) is 0 Å². The van der Waals surface area contributed by atoms with Gasteiger partial charge in [0, 0.05) is 23.7 Å². The molecule has 21 heavy (non-hydrogen) atoms. The lowest BCUT2D eigenvalue weighted by molar-refractivity contribution is 0.460. The van der Waals surface area contributed by atoms with E-state index in [1.165, 1.54) is 24.2 Å². The molecule has 2 N–H and O–H groups in total. The topological polar surface area (TPSA) is 84.2 Å². The number of nitrogens with one attached hydrogen (secondary N) is 2. The van der Waals surface area contributed by atoms with E-state index in [0.717, 1.165) is 0 Å². The minimum atomic E-state index is -3.62. The minimum Gasteiger partial charge on any atom is -0.452 e. The molecule has 0 aromatic carbocycles. The molecule has 0 amide bonds. The smallest absolute Gasteiger partial charge is 0.245 e. The Morgan fingerprint density at radius 1 is 1.43 bits per heavy atom. The fourth-order valence-electron chi connectivity index (χ4n) is 1.78. The van der Waals surface area contributed by atoms with Crippen LogP contribution in [0.1, 0.15) is 23.6 Å². The summed E-state index contributed by atoms with van der Waals surface area (Å²) in [6.07, 6.45) is 3.98. The molecule has 6 nitrogen and oxygen atoms in total. The highest BCUT2D eigenvalue weighted by Gasteiger charge is 2.24. The summed E-state index contributed by atoms with van der Waals surface area (Å²) in [7, 11) is -3.62. The predicted molar refractivity (Wildman–Crippen MR) is 82.4 cm³/mol. The van der Waals surface area contributed by atoms with Gasteiger partial charge in [-0.1, -0.05) is 0 Å². The third kappa shape index (κ3) is 3.92. The number of aromatic nitrogens is 1. The molecule has 114 valence electrons. The largest absolute Gasteiger partial charge is 0.452 e. The third-order valence-corrected chi connectivity index (χ3v) is 6.07. The number of hydrogen-bond donors (Lipinski definition) is 2. The van der Waals surface area contributed by atoms with Gasteiger partial charge in [0.05, 0.1) is 13.1 Å². The molecule has 0 aliphatic heterocycles. The normalized spacial score (nSPS) is 15.5. The zero-order chi connectivity index (χ0) is 14.9. The Bertz CT molecular complexity index is 708. The SMILES string of the molecule is O=S(=O)(NCc1nccs1)c1cc(CNC2CC2)oc1Br. The lowest BCUT2D eigenvalue weighted by Crippen LogP contribution is -2.23. The van der Waals surface area contributed by atoms with Crippen LogP contribution in [0.3, 0.4) is 0 Å². The van der Waals surface area contributed by atoms with Crippen molar-refractivity contribution >= 4 is 37.3 Å². The molecule has 0 spiro atoms. The molecule has 1 fully saturated rings. The van der Waals surface area contributed by atoms with Gasteiger partial charge in [0.25, 0.3) is 0 Å². The number of hydrogen-bond acceptors (Lipinski definition) is 6. The summed E-state index contributed by atoms with van der Waals surface area (Å²) in [5.74, 6) is 0.600. The van der Waals surface area contributed by atoms with E-state index in [9.17, 15) is 8.42 Å². The van der Waals surface area contributed by atoms with Crippen molar-refractivity contribution in [1.82, 2.24) is 15.0 Å². The van der Waals surface area contributed by atoms with E-state index in [0.29, 0.717) is 23.4 Å². The summed E-state index contributed by atoms with van der Waals surface area (Å²) in [4.78, 5) is 4.16. The molecule has 0 atom stereocenters. The quantitative estimate of drug-likeness (QED) is 0.755. The lowest BCUT2D eigenvalue weighted by Gasteiger charge is -2.02. The van der Waals surface area contributed by atoms with E-state index in [2.05, 4.69) is 31.0 Å². The molecule has 1 saturated carbocycles. The van der Waals surface area contributed by atoms with E-state index in [1.807, 2.05) is 0 Å². The first-order chi connectivity index (χ1) is 10.0. The maximum Gasteiger partial charge on any atom is 0.245 e. The molecular weight excluding hydrogens is 378 g/mol. The molecule has 2 aromatic heterocycles. The van der Waals surface area contributed by atoms with E-state index in [-0.39, 0.29) is 16.1 Å². The summed E-state index contributed by atoms with van der Waals surface area (Å²) in [6, 6.07) is 2.08. The molecule has 0 radical (unpaired) electrons. The van der Waals surface area contributed by atoms with Crippen LogP contribution in [0.15, 0.2) is 31.6 Å². The number of sulfonamides is 1. The Kier molecular flexibility index (Phi) is 4.46. The molecule has 2 heterocycles. The van der Waals surface area contributed by atoms with Gasteiger partial charge in [-0.2, -0.15) is 0 Å². The van der Waals surface area contributed by atoms with Crippen molar-refractivity contribution in [2.75, 3.05) is 0 Å². The molecule has 0 saturated heterocycles. The lowest BCUT2D eigenvalue weighted by atomic mass is 10.4. The maximum absolute atomic E-state index is 12.3. The van der Waals surface area contributed by atoms with Crippen molar-refractivity contribution in [3.05, 3.63) is 33.1 Å². The first-order valence-electron chi connectivity index (χ1n) is 6.44. The van der Waals surface area contributed by atoms with Crippen LogP contribution in [-0.4, -0.2) is 19.4 Å². The predicted octanol–water partition coefficient (Wildman–Crippen LogP) is 2.23. The van der Waals surface area contributed by atoms with E-state index in [1.54, 1.807) is 17.6 Å². The molecular formula is C12H14BrN3O3S2. The Labute approximate surface area is 135 Å². The van der Waals surface area contributed by atoms with Gasteiger partial charge in [-0.05, 0) is 28.8 Å². The van der Waals surface area contributed by atoms with Crippen molar-refractivity contribution in [3.63, 3.8) is 0 Å². The fraction of sp³-hybridized carbons (Fsp3) is 0.417. The molecule has 0 bridgehead atoms. The average molecular weight is 392 g/mol. The van der Waals surface area contributed by atoms with Gasteiger partial charge in [0.2, 0.25) is 10.0 Å². The van der Waals surface area contributed by atoms with E-state index >= 15 is 0 Å². The summed E-state index contributed by atoms with van der Waals surface area (Å²) >= 11 is 4.57. The molecule has 2 aromatic rings. The maximum atomic E-state index is 12.3. The molecule has 0 unspecified atom stereocenters. The average Bonchev–Trinajstić information content (AvgIpc) is 2.97. The fourth-order valence-corrected chi connectivity index (χ4v) is 4.41. The van der Waals surface area contributed by atoms with Crippen molar-refractivity contribution in [1.29, 1.82) is 0 Å². The van der Waals surface area contributed by atoms with Gasteiger partial charge in [-0.3, -0.25) is 0 Å². The van der Waals surface area contributed by atoms with Crippen molar-refractivity contribution < 1.29 is 12.8 Å². The third-order valence-electron chi connectivity index (χ3n) is 3.04. The van der Waals surface area contributed by atoms with Gasteiger partial charge >= 0.3 is 0 Å². The summed E-state index contributed by atoms with van der Waals surface area (Å²) in [5, 5.41) is 5.80. The van der Waals surface area contributed by atoms with Crippen LogP contribution >= 0.6 is 27.3 Å². The minimum absolute atomic E-state index is 0.117. The van der Waals surface area contributed by atoms with E-state index < -0.39 is 10.0 Å². The van der Waals surface area contributed by atoms with Crippen LogP contribution in [0.25, 0.3) is 0 Å². The van der Waals surface area contributed by atoms with Crippen molar-refractivity contribution in [2.45, 2.75) is 36.9 Å². The second-order valence-electron chi connectivity index (χ2n) is 4.76. The Morgan fingerprint density at radius 2 is 2.24 bits per heavy atom. The van der Waals surface area contributed by atoms with Crippen LogP contribution in [-0.2, 0) is 23.1 Å². The summed E-state index contributed by atoms with van der Waals surface area (Å²) in [5.41, 5.74) is 0. The van der Waals surface area contributed by atoms with Gasteiger partial charge in [0.15, 0.2) is 4.67 Å². The number of thiazole rings is 1. The van der Waals surface area contributed by atoms with E-state index in [4.69, 9.17) is 4.42 Å². The van der Waals surface area contributed by atoms with Crippen molar-refractivity contribution in [3.8, 4) is 0 Å². The van der Waals surface area contributed by atoms with Gasteiger partial charge < -0.3 is 9.73 Å². The highest BCUT2D eigenvalue weighted by Crippen LogP contribution is 2.27. The zero-order valence-corrected chi connectivity index (χ0v) is 14.2. The summed E-state index contributed by atoms with van der Waals surface area (Å²) in [6.45, 7) is 0.707. The number of halogens is 1. The van der Waals surface area contributed by atoms with Crippen LogP contribution in [0.5, 0.6) is 0 Å². The Morgan fingerprint density at radius 3 is 2.90 bits per heavy atom. The van der Waals surface area contributed by atoms with Crippen LogP contribution in [0.4, 0.5) is 0 Å². The van der Waals surface area contributed by atoms with Crippen LogP contribution in [0, 0.1) is 0 Å². The van der Waals surface area contributed by atoms with Crippen LogP contribution in [0.2, 0.25) is 0 Å². The number of rotatable bonds is 7. The first-order valence-corrected chi connectivity index (χ1v) is 9.60. The molecule has 9 heteroatoms. The second-order valence-corrected chi connectivity index (χ2v) is 8.19. The standard InChI is InChI=1S/C12H14BrN3O3S2/c13-12-10(5-9(19-12)6-15-8-1-2-8)21(17,18)16-7-11-14-3-4-20-11/h3-5,8,15-16H,1-2,6-7H2. The Balaban J connectivity index is 1.68. The molecule has 1 aliphatic rings. The molecule has 1 aliphatic carbocycles. The van der Waals surface area contributed by atoms with Gasteiger partial charge in [0.1, 0.15) is 15.7 Å². The number of nitrogens with zero attached hydrogens (tertiary/aromatic N) is 1. The molecule has 3 rings (SSSR count). The highest BCUT2D eigenvalue weighted by atomic mass is 79.9. The Hall–Kier alpha value is -0.740. The van der Waals surface area contributed by atoms with Crippen LogP contribution < -0.4 is 10.0 Å². The van der Waals surface area contributed by atoms with Gasteiger partial charge in [-0.15, -0.1) is 11.3 Å². The monoisotopic (exact) mass is 391 g/mol. The summed E-state index contributed by atoms with van der Waals surface area (Å²) < 4.78 is 32.7. The second kappa shape index (κ2) is 6.17. The van der Waals surface area contributed by atoms with Gasteiger partial charge in [-0.25, -0.2) is 18.1 Å².